The second-order valence-electron chi connectivity index (χ2n) is 16.3. The molecule has 3 rings (SSSR count). The van der Waals surface area contributed by atoms with Crippen molar-refractivity contribution in [3.05, 3.63) is 47.5 Å². The lowest BCUT2D eigenvalue weighted by molar-refractivity contribution is -0.134. The Hall–Kier alpha value is -5.66. The lowest BCUT2D eigenvalue weighted by Crippen LogP contribution is -2.59. The first kappa shape index (κ1) is 47.7. The van der Waals surface area contributed by atoms with Crippen LogP contribution in [0.3, 0.4) is 0 Å². The van der Waals surface area contributed by atoms with Crippen LogP contribution in [0.15, 0.2) is 36.4 Å². The Morgan fingerprint density at radius 3 is 1.95 bits per heavy atom. The van der Waals surface area contributed by atoms with E-state index in [1.165, 1.54) is 12.1 Å². The van der Waals surface area contributed by atoms with Crippen molar-refractivity contribution in [1.29, 1.82) is 0 Å². The molecule has 0 unspecified atom stereocenters. The highest BCUT2D eigenvalue weighted by Crippen LogP contribution is 2.31. The smallest absolute Gasteiger partial charge is 0.408 e. The van der Waals surface area contributed by atoms with Gasteiger partial charge < -0.3 is 68.2 Å². The monoisotopic (exact) mass is 828 g/mol. The molecule has 1 aliphatic heterocycles. The summed E-state index contributed by atoms with van der Waals surface area (Å²) in [6.07, 6.45) is -3.67. The highest BCUT2D eigenvalue weighted by molar-refractivity contribution is 5.95. The Morgan fingerprint density at radius 1 is 0.814 bits per heavy atom. The van der Waals surface area contributed by atoms with Crippen molar-refractivity contribution >= 4 is 35.8 Å². The van der Waals surface area contributed by atoms with Crippen LogP contribution in [0.5, 0.6) is 11.5 Å². The van der Waals surface area contributed by atoms with Crippen molar-refractivity contribution in [2.24, 2.45) is 11.5 Å². The molecule has 0 aliphatic carbocycles. The molecular weight excluding hydrogens is 768 g/mol. The lowest BCUT2D eigenvalue weighted by atomic mass is 9.95. The van der Waals surface area contributed by atoms with Crippen LogP contribution in [0.25, 0.3) is 11.1 Å². The van der Waals surface area contributed by atoms with Gasteiger partial charge in [-0.05, 0) is 101 Å². The first-order chi connectivity index (χ1) is 27.6. The minimum Gasteiger partial charge on any atom is -0.508 e. The van der Waals surface area contributed by atoms with E-state index in [0.717, 1.165) is 0 Å². The Balaban J connectivity index is 2.12. The number of carbonyl (C=O) groups is 6. The topological polar surface area (TPSA) is 306 Å². The summed E-state index contributed by atoms with van der Waals surface area (Å²) >= 11 is 0. The quantitative estimate of drug-likeness (QED) is 0.121. The summed E-state index contributed by atoms with van der Waals surface area (Å²) in [5.41, 5.74) is 11.0. The number of aliphatic hydroxyl groups is 1. The lowest BCUT2D eigenvalue weighted by Gasteiger charge is -2.28. The summed E-state index contributed by atoms with van der Waals surface area (Å²) in [5.74, 6) is -3.67. The molecule has 0 saturated carbocycles. The Labute approximate surface area is 343 Å². The summed E-state index contributed by atoms with van der Waals surface area (Å²) in [6.45, 7) is 9.95. The molecule has 1 aliphatic rings. The average Bonchev–Trinajstić information content (AvgIpc) is 3.13. The molecule has 59 heavy (non-hydrogen) atoms. The molecule has 19 heteroatoms. The van der Waals surface area contributed by atoms with Gasteiger partial charge in [0.15, 0.2) is 0 Å². The zero-order chi connectivity index (χ0) is 44.1. The molecule has 19 nitrogen and oxygen atoms in total. The SMILES string of the molecule is CC(C)(C)OC(=O)NCCC[C@@H]1NC(=O)[C@@H](NC(=O)OC(C)(C)C)Cc2cc(ccc2O)-c2ccc(O)c(c2)C[C@@H](C(=O)N[C@@H](C[C@@H](O)CN)C(=O)NCCN)NC1=O. The fourth-order valence-corrected chi connectivity index (χ4v) is 5.98. The number of alkyl carbamates (subject to hydrolysis) is 2. The number of benzene rings is 2. The molecule has 0 spiro atoms. The number of aromatic hydroxyl groups is 2. The number of nitrogens with two attached hydrogens (primary N) is 2. The van der Waals surface area contributed by atoms with Gasteiger partial charge in [0.1, 0.15) is 46.9 Å². The van der Waals surface area contributed by atoms with E-state index in [1.807, 2.05) is 0 Å². The van der Waals surface area contributed by atoms with E-state index in [4.69, 9.17) is 20.9 Å². The number of nitrogens with one attached hydrogen (secondary N) is 6. The van der Waals surface area contributed by atoms with Gasteiger partial charge in [0.2, 0.25) is 23.6 Å². The third-order valence-corrected chi connectivity index (χ3v) is 8.81. The van der Waals surface area contributed by atoms with Gasteiger partial charge in [0, 0.05) is 45.4 Å². The fourth-order valence-electron chi connectivity index (χ4n) is 5.98. The zero-order valence-corrected chi connectivity index (χ0v) is 34.5. The Kier molecular flexibility index (Phi) is 17.3. The second kappa shape index (κ2) is 21.4. The fraction of sp³-hybridized carbons (Fsp3) is 0.550. The summed E-state index contributed by atoms with van der Waals surface area (Å²) < 4.78 is 10.7. The van der Waals surface area contributed by atoms with Gasteiger partial charge >= 0.3 is 12.2 Å². The van der Waals surface area contributed by atoms with Crippen LogP contribution in [-0.2, 0) is 41.5 Å². The van der Waals surface area contributed by atoms with Crippen molar-refractivity contribution in [3.8, 4) is 22.6 Å². The highest BCUT2D eigenvalue weighted by atomic mass is 16.6. The van der Waals surface area contributed by atoms with Gasteiger partial charge in [0.25, 0.3) is 0 Å². The van der Waals surface area contributed by atoms with Crippen LogP contribution in [0.1, 0.15) is 71.9 Å². The maximum atomic E-state index is 14.3. The highest BCUT2D eigenvalue weighted by Gasteiger charge is 2.34. The first-order valence-electron chi connectivity index (χ1n) is 19.5. The van der Waals surface area contributed by atoms with E-state index in [9.17, 15) is 44.1 Å². The number of aliphatic hydroxyl groups excluding tert-OH is 1. The number of phenolic OH excluding ortho intramolecular Hbond substituents is 2. The first-order valence-corrected chi connectivity index (χ1v) is 19.5. The molecule has 1 heterocycles. The van der Waals surface area contributed by atoms with Crippen LogP contribution in [0.2, 0.25) is 0 Å². The third-order valence-electron chi connectivity index (χ3n) is 8.81. The van der Waals surface area contributed by atoms with E-state index in [2.05, 4.69) is 31.9 Å². The summed E-state index contributed by atoms with van der Waals surface area (Å²) in [7, 11) is 0. The second-order valence-corrected chi connectivity index (χ2v) is 16.3. The van der Waals surface area contributed by atoms with Crippen LogP contribution >= 0.6 is 0 Å². The predicted molar refractivity (Wildman–Crippen MR) is 217 cm³/mol. The van der Waals surface area contributed by atoms with Gasteiger partial charge in [-0.3, -0.25) is 19.2 Å². The molecule has 2 aromatic rings. The molecule has 0 radical (unpaired) electrons. The molecule has 13 N–H and O–H groups in total. The number of carbonyl (C=O) groups excluding carboxylic acids is 6. The average molecular weight is 829 g/mol. The molecule has 0 saturated heterocycles. The summed E-state index contributed by atoms with van der Waals surface area (Å²) in [5, 5.41) is 47.8. The number of hydrogen-bond acceptors (Lipinski definition) is 13. The number of rotatable bonds is 13. The van der Waals surface area contributed by atoms with E-state index in [0.29, 0.717) is 11.1 Å². The molecule has 6 amide bonds. The molecule has 2 aromatic carbocycles. The zero-order valence-electron chi connectivity index (χ0n) is 34.5. The van der Waals surface area contributed by atoms with Crippen molar-refractivity contribution in [3.63, 3.8) is 0 Å². The molecule has 0 aromatic heterocycles. The third kappa shape index (κ3) is 15.9. The van der Waals surface area contributed by atoms with Crippen LogP contribution in [-0.4, -0.2) is 119 Å². The van der Waals surface area contributed by atoms with Crippen molar-refractivity contribution in [1.82, 2.24) is 31.9 Å². The molecule has 5 atom stereocenters. The number of hydrogen-bond donors (Lipinski definition) is 11. The normalized spacial score (nSPS) is 18.4. The minimum absolute atomic E-state index is 0.0163. The van der Waals surface area contributed by atoms with E-state index < -0.39 is 77.3 Å². The number of phenols is 2. The van der Waals surface area contributed by atoms with E-state index in [-0.39, 0.29) is 80.9 Å². The van der Waals surface area contributed by atoms with Crippen LogP contribution < -0.4 is 43.4 Å². The number of fused-ring (bicyclic) bond motifs is 5. The van der Waals surface area contributed by atoms with Crippen molar-refractivity contribution in [2.45, 2.75) is 115 Å². The van der Waals surface area contributed by atoms with Gasteiger partial charge in [0.05, 0.1) is 6.10 Å². The van der Waals surface area contributed by atoms with E-state index >= 15 is 0 Å². The maximum Gasteiger partial charge on any atom is 0.408 e. The minimum atomic E-state index is -1.49. The van der Waals surface area contributed by atoms with E-state index in [1.54, 1.807) is 65.8 Å². The van der Waals surface area contributed by atoms with Crippen molar-refractivity contribution < 1.29 is 53.6 Å². The molecule has 0 fully saturated rings. The standard InChI is InChI=1S/C40H60N8O11/c1-39(2,3)58-37(56)44-14-7-8-27-34(53)46-28(35(54)47-30(20-26(49)21-42)33(52)43-15-13-41)18-24-16-22(9-11-31(24)50)23-10-12-32(51)25(17-23)19-29(36(55)45-27)48-38(57)59-40(4,5)6/h9-12,16-17,26-30,49-51H,7-8,13-15,18-21,41-42H2,1-6H3,(H,43,52)(H,44,56)(H,45,55)(H,46,53)(H,47,54)(H,48,57)/t26-,27+,28+,29+,30+/m1/s1. The van der Waals surface area contributed by atoms with Crippen LogP contribution in [0, 0.1) is 0 Å². The van der Waals surface area contributed by atoms with Gasteiger partial charge in [-0.15, -0.1) is 0 Å². The molecular formula is C40H60N8O11. The van der Waals surface area contributed by atoms with Crippen LogP contribution in [0.4, 0.5) is 9.59 Å². The number of amides is 6. The predicted octanol–water partition coefficient (Wildman–Crippen LogP) is 0.301. The van der Waals surface area contributed by atoms with Gasteiger partial charge in [-0.1, -0.05) is 12.1 Å². The Bertz CT molecular complexity index is 1810. The van der Waals surface area contributed by atoms with Crippen molar-refractivity contribution in [2.75, 3.05) is 26.2 Å². The van der Waals surface area contributed by atoms with Gasteiger partial charge in [-0.2, -0.15) is 0 Å². The van der Waals surface area contributed by atoms with Gasteiger partial charge in [-0.25, -0.2) is 9.59 Å². The molecule has 4 bridgehead atoms. The summed E-state index contributed by atoms with van der Waals surface area (Å²) in [4.78, 5) is 81.0. The largest absolute Gasteiger partial charge is 0.508 e. The Morgan fingerprint density at radius 2 is 1.39 bits per heavy atom. The molecule has 326 valence electrons. The maximum absolute atomic E-state index is 14.3. The number of ether oxygens (including phenoxy) is 2. The summed E-state index contributed by atoms with van der Waals surface area (Å²) in [6, 6.07) is 3.59.